The van der Waals surface area contributed by atoms with Gasteiger partial charge in [0.25, 0.3) is 0 Å². The molecule has 0 atom stereocenters. The largest absolute Gasteiger partial charge is 0.378 e. The van der Waals surface area contributed by atoms with Crippen LogP contribution in [0.4, 0.5) is 11.4 Å². The summed E-state index contributed by atoms with van der Waals surface area (Å²) in [5.74, 6) is 0.714. The molecule has 4 nitrogen and oxygen atoms in total. The van der Waals surface area contributed by atoms with Crippen molar-refractivity contribution < 1.29 is 4.74 Å². The Kier molecular flexibility index (Phi) is 11.1. The van der Waals surface area contributed by atoms with Crippen LogP contribution >= 0.6 is 12.4 Å². The second kappa shape index (κ2) is 13.5. The van der Waals surface area contributed by atoms with E-state index in [0.29, 0.717) is 17.4 Å². The van der Waals surface area contributed by atoms with E-state index in [2.05, 4.69) is 60.6 Å². The molecule has 1 saturated carbocycles. The highest BCUT2D eigenvalue weighted by molar-refractivity contribution is 5.85. The summed E-state index contributed by atoms with van der Waals surface area (Å²) in [6.07, 6.45) is 12.2. The first kappa shape index (κ1) is 28.6. The number of ether oxygens (including phenoxy) is 1. The first-order valence-electron chi connectivity index (χ1n) is 14.5. The van der Waals surface area contributed by atoms with E-state index in [1.807, 2.05) is 0 Å². The standard InChI is InChI=1S/C30H51N3O.ClH/c1-5-7-8-17-31-20-22-33(23-21-31)29-10-9-26(32-18-13-27(14-19-32)34-6-2)24-28(29)25-11-15-30(3,4)16-12-25;/h9-10,24-25,27H,5-8,11-23H2,1-4H3;1H. The van der Waals surface area contributed by atoms with Crippen LogP contribution in [-0.2, 0) is 4.74 Å². The van der Waals surface area contributed by atoms with Crippen molar-refractivity contribution >= 4 is 23.8 Å². The van der Waals surface area contributed by atoms with Gasteiger partial charge in [0.15, 0.2) is 0 Å². The fourth-order valence-corrected chi connectivity index (χ4v) is 6.38. The number of piperazine rings is 1. The molecule has 2 saturated heterocycles. The molecule has 0 N–H and O–H groups in total. The zero-order valence-electron chi connectivity index (χ0n) is 23.1. The second-order valence-electron chi connectivity index (χ2n) is 11.9. The van der Waals surface area contributed by atoms with Gasteiger partial charge < -0.3 is 14.5 Å². The van der Waals surface area contributed by atoms with Crippen molar-refractivity contribution in [1.29, 1.82) is 0 Å². The number of nitrogens with zero attached hydrogens (tertiary/aromatic N) is 3. The van der Waals surface area contributed by atoms with Gasteiger partial charge in [0, 0.05) is 57.3 Å². The Morgan fingerprint density at radius 3 is 2.17 bits per heavy atom. The second-order valence-corrected chi connectivity index (χ2v) is 11.9. The molecule has 3 aliphatic rings. The van der Waals surface area contributed by atoms with Gasteiger partial charge in [-0.05, 0) is 93.5 Å². The quantitative estimate of drug-likeness (QED) is 0.333. The predicted octanol–water partition coefficient (Wildman–Crippen LogP) is 7.11. The number of hydrogen-bond donors (Lipinski definition) is 0. The van der Waals surface area contributed by atoms with Crippen LogP contribution in [0.25, 0.3) is 0 Å². The number of anilines is 2. The minimum absolute atomic E-state index is 0. The normalized spacial score (nSPS) is 22.3. The van der Waals surface area contributed by atoms with Crippen molar-refractivity contribution in [3.05, 3.63) is 23.8 Å². The van der Waals surface area contributed by atoms with Gasteiger partial charge in [-0.25, -0.2) is 0 Å². The Hall–Kier alpha value is -0.970. The zero-order valence-corrected chi connectivity index (χ0v) is 23.9. The van der Waals surface area contributed by atoms with Gasteiger partial charge >= 0.3 is 0 Å². The summed E-state index contributed by atoms with van der Waals surface area (Å²) < 4.78 is 5.91. The van der Waals surface area contributed by atoms with Crippen molar-refractivity contribution in [2.75, 3.05) is 62.2 Å². The smallest absolute Gasteiger partial charge is 0.0608 e. The lowest BCUT2D eigenvalue weighted by Gasteiger charge is -2.41. The molecular weight excluding hydrogens is 454 g/mol. The zero-order chi connectivity index (χ0) is 24.0. The molecule has 2 aliphatic heterocycles. The van der Waals surface area contributed by atoms with Gasteiger partial charge in [0.2, 0.25) is 0 Å². The van der Waals surface area contributed by atoms with E-state index in [1.54, 1.807) is 5.56 Å². The van der Waals surface area contributed by atoms with E-state index < -0.39 is 0 Å². The molecule has 0 unspecified atom stereocenters. The van der Waals surface area contributed by atoms with E-state index in [0.717, 1.165) is 32.5 Å². The highest BCUT2D eigenvalue weighted by Crippen LogP contribution is 2.46. The Morgan fingerprint density at radius 2 is 1.54 bits per heavy atom. The van der Waals surface area contributed by atoms with Crippen LogP contribution in [0.2, 0.25) is 0 Å². The van der Waals surface area contributed by atoms with Crippen LogP contribution in [-0.4, -0.2) is 63.4 Å². The van der Waals surface area contributed by atoms with Gasteiger partial charge in [-0.2, -0.15) is 0 Å². The number of benzene rings is 1. The Balaban J connectivity index is 0.00000342. The molecule has 0 amide bonds. The van der Waals surface area contributed by atoms with Gasteiger partial charge in [0.05, 0.1) is 6.10 Å². The first-order chi connectivity index (χ1) is 16.5. The number of hydrogen-bond acceptors (Lipinski definition) is 4. The summed E-state index contributed by atoms with van der Waals surface area (Å²) >= 11 is 0. The molecule has 1 aromatic rings. The Morgan fingerprint density at radius 1 is 0.857 bits per heavy atom. The average Bonchev–Trinajstić information content (AvgIpc) is 2.85. The van der Waals surface area contributed by atoms with Crippen LogP contribution in [0.3, 0.4) is 0 Å². The lowest BCUT2D eigenvalue weighted by molar-refractivity contribution is 0.0459. The molecule has 0 spiro atoms. The lowest BCUT2D eigenvalue weighted by atomic mass is 9.71. The molecular formula is C30H52ClN3O. The van der Waals surface area contributed by atoms with Crippen molar-refractivity contribution in [3.63, 3.8) is 0 Å². The molecule has 35 heavy (non-hydrogen) atoms. The number of rotatable bonds is 9. The number of halogens is 1. The van der Waals surface area contributed by atoms with E-state index in [4.69, 9.17) is 4.74 Å². The van der Waals surface area contributed by atoms with E-state index in [9.17, 15) is 0 Å². The predicted molar refractivity (Wildman–Crippen MR) is 154 cm³/mol. The molecule has 1 aliphatic carbocycles. The molecule has 200 valence electrons. The van der Waals surface area contributed by atoms with Crippen molar-refractivity contribution in [3.8, 4) is 0 Å². The third-order valence-corrected chi connectivity index (χ3v) is 8.79. The molecule has 0 radical (unpaired) electrons. The maximum atomic E-state index is 5.91. The fourth-order valence-electron chi connectivity index (χ4n) is 6.38. The molecule has 5 heteroatoms. The minimum atomic E-state index is 0. The van der Waals surface area contributed by atoms with Crippen molar-refractivity contribution in [2.24, 2.45) is 5.41 Å². The summed E-state index contributed by atoms with van der Waals surface area (Å²) in [5.41, 5.74) is 5.13. The maximum absolute atomic E-state index is 5.91. The summed E-state index contributed by atoms with van der Waals surface area (Å²) in [6, 6.07) is 7.49. The molecule has 0 bridgehead atoms. The Bertz CT molecular complexity index is 744. The van der Waals surface area contributed by atoms with E-state index >= 15 is 0 Å². The van der Waals surface area contributed by atoms with Crippen molar-refractivity contribution in [2.45, 2.75) is 97.5 Å². The highest BCUT2D eigenvalue weighted by Gasteiger charge is 2.31. The maximum Gasteiger partial charge on any atom is 0.0608 e. The third-order valence-electron chi connectivity index (χ3n) is 8.79. The number of unbranched alkanes of at least 4 members (excludes halogenated alkanes) is 2. The molecule has 2 heterocycles. The molecule has 1 aromatic carbocycles. The van der Waals surface area contributed by atoms with Gasteiger partial charge in [0.1, 0.15) is 0 Å². The van der Waals surface area contributed by atoms with Crippen LogP contribution in [0, 0.1) is 5.41 Å². The summed E-state index contributed by atoms with van der Waals surface area (Å²) in [7, 11) is 0. The topological polar surface area (TPSA) is 19.0 Å². The minimum Gasteiger partial charge on any atom is -0.378 e. The third kappa shape index (κ3) is 7.76. The summed E-state index contributed by atoms with van der Waals surface area (Å²) in [4.78, 5) is 8.00. The Labute approximate surface area is 222 Å². The molecule has 4 rings (SSSR count). The average molecular weight is 506 g/mol. The fraction of sp³-hybridized carbons (Fsp3) is 0.800. The van der Waals surface area contributed by atoms with E-state index in [1.165, 1.54) is 89.0 Å². The SMILES string of the molecule is CCCCCN1CCN(c2ccc(N3CCC(OCC)CC3)cc2C2CCC(C)(C)CC2)CC1.Cl. The van der Waals surface area contributed by atoms with Crippen molar-refractivity contribution in [1.82, 2.24) is 4.90 Å². The molecule has 3 fully saturated rings. The summed E-state index contributed by atoms with van der Waals surface area (Å²) in [6.45, 7) is 18.5. The van der Waals surface area contributed by atoms with Crippen LogP contribution in [0.15, 0.2) is 18.2 Å². The van der Waals surface area contributed by atoms with Gasteiger partial charge in [-0.1, -0.05) is 33.6 Å². The summed E-state index contributed by atoms with van der Waals surface area (Å²) in [5, 5.41) is 0. The van der Waals surface area contributed by atoms with Gasteiger partial charge in [-0.15, -0.1) is 12.4 Å². The van der Waals surface area contributed by atoms with Crippen LogP contribution < -0.4 is 9.80 Å². The van der Waals surface area contributed by atoms with E-state index in [-0.39, 0.29) is 12.4 Å². The van der Waals surface area contributed by atoms with Crippen LogP contribution in [0.1, 0.15) is 97.0 Å². The lowest BCUT2D eigenvalue weighted by Crippen LogP contribution is -2.47. The monoisotopic (exact) mass is 505 g/mol. The van der Waals surface area contributed by atoms with Crippen LogP contribution in [0.5, 0.6) is 0 Å². The molecule has 0 aromatic heterocycles. The first-order valence-corrected chi connectivity index (χ1v) is 14.5. The van der Waals surface area contributed by atoms with Gasteiger partial charge in [-0.3, -0.25) is 4.90 Å². The number of piperidine rings is 1. The highest BCUT2D eigenvalue weighted by atomic mass is 35.5.